The normalized spacial score (nSPS) is 14.2. The molecular weight excluding hydrogens is 384 g/mol. The number of rotatable bonds is 3. The maximum Gasteiger partial charge on any atom is 0.191 e. The predicted octanol–water partition coefficient (Wildman–Crippen LogP) is 3.09. The first-order chi connectivity index (χ1) is 8.25. The molecule has 0 amide bonds. The fourth-order valence-corrected chi connectivity index (χ4v) is 2.19. The predicted molar refractivity (Wildman–Crippen MR) is 88.5 cm³/mol. The Kier molecular flexibility index (Phi) is 7.11. The summed E-state index contributed by atoms with van der Waals surface area (Å²) in [5.74, 6) is 0.890. The van der Waals surface area contributed by atoms with Gasteiger partial charge in [-0.3, -0.25) is 4.99 Å². The van der Waals surface area contributed by atoms with Gasteiger partial charge in [-0.05, 0) is 30.5 Å². The van der Waals surface area contributed by atoms with Gasteiger partial charge in [0, 0.05) is 29.7 Å². The van der Waals surface area contributed by atoms with Crippen LogP contribution in [-0.2, 0) is 6.42 Å². The van der Waals surface area contributed by atoms with Gasteiger partial charge in [0.15, 0.2) is 5.96 Å². The molecule has 0 aromatic heterocycles. The molecule has 0 saturated heterocycles. The number of guanidine groups is 1. The highest BCUT2D eigenvalue weighted by molar-refractivity contribution is 14.0. The van der Waals surface area contributed by atoms with Crippen LogP contribution >= 0.6 is 47.2 Å². The van der Waals surface area contributed by atoms with Gasteiger partial charge in [-0.2, -0.15) is 0 Å². The molecule has 0 aliphatic carbocycles. The highest BCUT2D eigenvalue weighted by Crippen LogP contribution is 2.20. The Balaban J connectivity index is 0.00000162. The van der Waals surface area contributed by atoms with E-state index in [0.717, 1.165) is 49.0 Å². The Morgan fingerprint density at radius 2 is 2.17 bits per heavy atom. The Labute approximate surface area is 134 Å². The van der Waals surface area contributed by atoms with Crippen LogP contribution < -0.4 is 10.6 Å². The van der Waals surface area contributed by atoms with Crippen molar-refractivity contribution in [3.8, 4) is 0 Å². The van der Waals surface area contributed by atoms with E-state index in [2.05, 4.69) is 15.6 Å². The highest BCUT2D eigenvalue weighted by Gasteiger charge is 2.04. The lowest BCUT2D eigenvalue weighted by molar-refractivity contribution is 0.700. The first kappa shape index (κ1) is 15.9. The molecule has 18 heavy (non-hydrogen) atoms. The van der Waals surface area contributed by atoms with E-state index in [1.165, 1.54) is 0 Å². The van der Waals surface area contributed by atoms with Crippen molar-refractivity contribution >= 4 is 53.1 Å². The topological polar surface area (TPSA) is 36.4 Å². The van der Waals surface area contributed by atoms with Crippen LogP contribution in [0.4, 0.5) is 0 Å². The number of aliphatic imine (C=N–C) groups is 1. The van der Waals surface area contributed by atoms with Crippen LogP contribution in [0.2, 0.25) is 10.0 Å². The lowest BCUT2D eigenvalue weighted by Gasteiger charge is -2.16. The molecule has 0 unspecified atom stereocenters. The van der Waals surface area contributed by atoms with Crippen LogP contribution in [-0.4, -0.2) is 25.6 Å². The minimum Gasteiger partial charge on any atom is -0.356 e. The third kappa shape index (κ3) is 4.82. The molecule has 3 nitrogen and oxygen atoms in total. The summed E-state index contributed by atoms with van der Waals surface area (Å²) >= 11 is 11.9. The lowest BCUT2D eigenvalue weighted by atomic mass is 10.1. The zero-order chi connectivity index (χ0) is 12.1. The van der Waals surface area contributed by atoms with Crippen molar-refractivity contribution in [3.63, 3.8) is 0 Å². The maximum atomic E-state index is 6.09. The fraction of sp³-hybridized carbons (Fsp3) is 0.417. The largest absolute Gasteiger partial charge is 0.356 e. The Bertz CT molecular complexity index is 424. The van der Waals surface area contributed by atoms with Gasteiger partial charge in [0.25, 0.3) is 0 Å². The Morgan fingerprint density at radius 3 is 2.83 bits per heavy atom. The molecule has 1 aromatic rings. The quantitative estimate of drug-likeness (QED) is 0.766. The van der Waals surface area contributed by atoms with E-state index in [1.807, 2.05) is 12.1 Å². The number of halogens is 3. The molecule has 0 fully saturated rings. The van der Waals surface area contributed by atoms with E-state index in [9.17, 15) is 0 Å². The molecule has 1 heterocycles. The van der Waals surface area contributed by atoms with E-state index >= 15 is 0 Å². The third-order valence-corrected chi connectivity index (χ3v) is 3.19. The molecular formula is C12H16Cl2IN3. The van der Waals surface area contributed by atoms with Crippen molar-refractivity contribution in [2.24, 2.45) is 4.99 Å². The highest BCUT2D eigenvalue weighted by atomic mass is 127. The van der Waals surface area contributed by atoms with Crippen molar-refractivity contribution < 1.29 is 0 Å². The second-order valence-electron chi connectivity index (χ2n) is 3.92. The first-order valence-corrected chi connectivity index (χ1v) is 6.47. The minimum absolute atomic E-state index is 0. The molecule has 0 saturated carbocycles. The number of hydrogen-bond donors (Lipinski definition) is 2. The summed E-state index contributed by atoms with van der Waals surface area (Å²) in [5, 5.41) is 7.86. The summed E-state index contributed by atoms with van der Waals surface area (Å²) in [6, 6.07) is 5.59. The monoisotopic (exact) mass is 399 g/mol. The summed E-state index contributed by atoms with van der Waals surface area (Å²) in [4.78, 5) is 4.34. The van der Waals surface area contributed by atoms with Crippen LogP contribution in [0.1, 0.15) is 12.0 Å². The van der Waals surface area contributed by atoms with Crippen LogP contribution in [0.3, 0.4) is 0 Å². The average molecular weight is 400 g/mol. The third-order valence-electron chi connectivity index (χ3n) is 2.60. The molecule has 1 aromatic carbocycles. The Morgan fingerprint density at radius 1 is 1.33 bits per heavy atom. The SMILES string of the molecule is Clc1ccc(CCNC2=NCCCN2)c(Cl)c1.I. The van der Waals surface area contributed by atoms with E-state index in [-0.39, 0.29) is 24.0 Å². The van der Waals surface area contributed by atoms with Crippen molar-refractivity contribution in [2.45, 2.75) is 12.8 Å². The summed E-state index contributed by atoms with van der Waals surface area (Å²) in [7, 11) is 0. The summed E-state index contributed by atoms with van der Waals surface area (Å²) < 4.78 is 0. The van der Waals surface area contributed by atoms with Gasteiger partial charge in [-0.1, -0.05) is 29.3 Å². The van der Waals surface area contributed by atoms with Gasteiger partial charge in [0.2, 0.25) is 0 Å². The van der Waals surface area contributed by atoms with Crippen molar-refractivity contribution in [2.75, 3.05) is 19.6 Å². The van der Waals surface area contributed by atoms with Crippen LogP contribution in [0.5, 0.6) is 0 Å². The summed E-state index contributed by atoms with van der Waals surface area (Å²) in [6.45, 7) is 2.71. The zero-order valence-corrected chi connectivity index (χ0v) is 13.7. The minimum atomic E-state index is 0. The molecule has 2 rings (SSSR count). The van der Waals surface area contributed by atoms with Gasteiger partial charge in [0.05, 0.1) is 0 Å². The number of hydrogen-bond acceptors (Lipinski definition) is 3. The van der Waals surface area contributed by atoms with Gasteiger partial charge in [-0.25, -0.2) is 0 Å². The van der Waals surface area contributed by atoms with E-state index in [4.69, 9.17) is 23.2 Å². The fourth-order valence-electron chi connectivity index (χ4n) is 1.69. The van der Waals surface area contributed by atoms with Crippen LogP contribution in [0.15, 0.2) is 23.2 Å². The molecule has 0 bridgehead atoms. The second-order valence-corrected chi connectivity index (χ2v) is 4.77. The molecule has 100 valence electrons. The molecule has 0 atom stereocenters. The number of nitrogens with zero attached hydrogens (tertiary/aromatic N) is 1. The molecule has 6 heteroatoms. The van der Waals surface area contributed by atoms with Crippen LogP contribution in [0.25, 0.3) is 0 Å². The van der Waals surface area contributed by atoms with Gasteiger partial charge >= 0.3 is 0 Å². The lowest BCUT2D eigenvalue weighted by Crippen LogP contribution is -2.41. The Hall–Kier alpha value is -0.200. The first-order valence-electron chi connectivity index (χ1n) is 5.72. The summed E-state index contributed by atoms with van der Waals surface area (Å²) in [5.41, 5.74) is 1.10. The standard InChI is InChI=1S/C12H15Cl2N3.HI/c13-10-3-2-9(11(14)8-10)4-7-17-12-15-5-1-6-16-12;/h2-3,8H,1,4-7H2,(H2,15,16,17);1H. The second kappa shape index (κ2) is 8.07. The van der Waals surface area contributed by atoms with Gasteiger partial charge < -0.3 is 10.6 Å². The average Bonchev–Trinajstić information content (AvgIpc) is 2.33. The maximum absolute atomic E-state index is 6.09. The van der Waals surface area contributed by atoms with Crippen LogP contribution in [0, 0.1) is 0 Å². The molecule has 1 aliphatic rings. The molecule has 1 aliphatic heterocycles. The van der Waals surface area contributed by atoms with E-state index < -0.39 is 0 Å². The van der Waals surface area contributed by atoms with Gasteiger partial charge in [0.1, 0.15) is 0 Å². The van der Waals surface area contributed by atoms with E-state index in [1.54, 1.807) is 6.07 Å². The zero-order valence-electron chi connectivity index (χ0n) is 9.88. The number of nitrogens with one attached hydrogen (secondary N) is 2. The molecule has 0 radical (unpaired) electrons. The molecule has 0 spiro atoms. The smallest absolute Gasteiger partial charge is 0.191 e. The van der Waals surface area contributed by atoms with Gasteiger partial charge in [-0.15, -0.1) is 24.0 Å². The number of benzene rings is 1. The molecule has 2 N–H and O–H groups in total. The van der Waals surface area contributed by atoms with Crippen molar-refractivity contribution in [3.05, 3.63) is 33.8 Å². The van der Waals surface area contributed by atoms with Crippen molar-refractivity contribution in [1.29, 1.82) is 0 Å². The summed E-state index contributed by atoms with van der Waals surface area (Å²) in [6.07, 6.45) is 1.96. The van der Waals surface area contributed by atoms with E-state index in [0.29, 0.717) is 5.02 Å². The van der Waals surface area contributed by atoms with Crippen molar-refractivity contribution in [1.82, 2.24) is 10.6 Å².